The summed E-state index contributed by atoms with van der Waals surface area (Å²) in [5.74, 6) is 0.498. The highest BCUT2D eigenvalue weighted by Gasteiger charge is 2.22. The van der Waals surface area contributed by atoms with Crippen LogP contribution in [0.25, 0.3) is 43.5 Å². The normalized spacial score (nSPS) is 11.1. The van der Waals surface area contributed by atoms with Crippen molar-refractivity contribution in [1.82, 2.24) is 9.97 Å². The molecule has 3 aromatic heterocycles. The summed E-state index contributed by atoms with van der Waals surface area (Å²) in [5, 5.41) is 4.67. The second-order valence-electron chi connectivity index (χ2n) is 8.50. The van der Waals surface area contributed by atoms with Gasteiger partial charge in [0.2, 0.25) is 0 Å². The number of pyridine rings is 2. The van der Waals surface area contributed by atoms with Crippen LogP contribution in [0.1, 0.15) is 9.67 Å². The summed E-state index contributed by atoms with van der Waals surface area (Å²) < 4.78 is 5.31. The van der Waals surface area contributed by atoms with Gasteiger partial charge in [0.05, 0.1) is 29.7 Å². The van der Waals surface area contributed by atoms with Crippen molar-refractivity contribution in [2.75, 3.05) is 18.2 Å². The Kier molecular flexibility index (Phi) is 5.75. The van der Waals surface area contributed by atoms with Crippen LogP contribution in [0, 0.1) is 0 Å². The first-order valence-corrected chi connectivity index (χ1v) is 12.5. The van der Waals surface area contributed by atoms with E-state index in [9.17, 15) is 4.79 Å². The van der Waals surface area contributed by atoms with E-state index in [1.54, 1.807) is 13.3 Å². The summed E-state index contributed by atoms with van der Waals surface area (Å²) in [5.41, 5.74) is 12.2. The molecule has 6 rings (SSSR count). The number of hydrogen-bond acceptors (Lipinski definition) is 6. The number of amides is 1. The van der Waals surface area contributed by atoms with E-state index in [1.807, 2.05) is 91.0 Å². The van der Waals surface area contributed by atoms with Gasteiger partial charge in [-0.3, -0.25) is 9.78 Å². The van der Waals surface area contributed by atoms with Gasteiger partial charge in [0.1, 0.15) is 15.5 Å². The molecule has 6 nitrogen and oxygen atoms in total. The molecule has 0 saturated heterocycles. The van der Waals surface area contributed by atoms with Gasteiger partial charge in [-0.25, -0.2) is 4.98 Å². The van der Waals surface area contributed by atoms with Crippen LogP contribution in [-0.2, 0) is 0 Å². The molecule has 0 saturated carbocycles. The zero-order valence-corrected chi connectivity index (χ0v) is 20.8. The fourth-order valence-electron chi connectivity index (χ4n) is 4.44. The number of anilines is 2. The van der Waals surface area contributed by atoms with Gasteiger partial charge < -0.3 is 15.8 Å². The number of carbonyl (C=O) groups excluding carboxylic acids is 1. The molecule has 37 heavy (non-hydrogen) atoms. The number of aromatic nitrogens is 2. The number of nitrogens with one attached hydrogen (secondary N) is 1. The van der Waals surface area contributed by atoms with Gasteiger partial charge in [0.15, 0.2) is 0 Å². The largest absolute Gasteiger partial charge is 0.497 e. The van der Waals surface area contributed by atoms with Crippen molar-refractivity contribution < 1.29 is 9.53 Å². The number of hydrogen-bond donors (Lipinski definition) is 2. The summed E-state index contributed by atoms with van der Waals surface area (Å²) in [4.78, 5) is 23.9. The van der Waals surface area contributed by atoms with Crippen LogP contribution >= 0.6 is 11.3 Å². The molecule has 0 aliphatic heterocycles. The van der Waals surface area contributed by atoms with E-state index in [4.69, 9.17) is 15.5 Å². The van der Waals surface area contributed by atoms with Crippen LogP contribution in [0.2, 0.25) is 0 Å². The second-order valence-corrected chi connectivity index (χ2v) is 9.50. The molecule has 0 spiro atoms. The SMILES string of the molecule is COc1ccc(-c2cc(-c3ccccc3)c3c(N)c(C(=O)Nc4cccc5ncccc45)sc3n2)cc1. The van der Waals surface area contributed by atoms with Gasteiger partial charge in [0.25, 0.3) is 5.91 Å². The predicted molar refractivity (Wildman–Crippen MR) is 151 cm³/mol. The first-order chi connectivity index (χ1) is 18.1. The van der Waals surface area contributed by atoms with E-state index in [2.05, 4.69) is 10.3 Å². The van der Waals surface area contributed by atoms with Gasteiger partial charge in [-0.1, -0.05) is 36.4 Å². The molecule has 0 bridgehead atoms. The van der Waals surface area contributed by atoms with Gasteiger partial charge in [-0.05, 0) is 65.7 Å². The van der Waals surface area contributed by atoms with E-state index in [1.165, 1.54) is 11.3 Å². The number of benzene rings is 3. The lowest BCUT2D eigenvalue weighted by Crippen LogP contribution is -2.12. The van der Waals surface area contributed by atoms with Crippen molar-refractivity contribution in [2.24, 2.45) is 0 Å². The van der Waals surface area contributed by atoms with E-state index in [0.29, 0.717) is 21.1 Å². The summed E-state index contributed by atoms with van der Waals surface area (Å²) in [7, 11) is 1.64. The topological polar surface area (TPSA) is 90.1 Å². The van der Waals surface area contributed by atoms with Crippen LogP contribution in [-0.4, -0.2) is 23.0 Å². The number of fused-ring (bicyclic) bond motifs is 2. The maximum absolute atomic E-state index is 13.5. The molecular weight excluding hydrogens is 480 g/mol. The molecule has 6 aromatic rings. The zero-order chi connectivity index (χ0) is 25.4. The number of nitrogens with two attached hydrogens (primary N) is 1. The molecule has 0 aliphatic rings. The quantitative estimate of drug-likeness (QED) is 0.264. The maximum atomic E-state index is 13.5. The summed E-state index contributed by atoms with van der Waals surface area (Å²) in [6.07, 6.45) is 1.73. The average molecular weight is 503 g/mol. The number of carbonyl (C=O) groups is 1. The molecule has 3 N–H and O–H groups in total. The monoisotopic (exact) mass is 502 g/mol. The number of ether oxygens (including phenoxy) is 1. The third-order valence-electron chi connectivity index (χ3n) is 6.27. The number of nitrogens with zero attached hydrogens (tertiary/aromatic N) is 2. The summed E-state index contributed by atoms with van der Waals surface area (Å²) in [6.45, 7) is 0. The molecule has 0 aliphatic carbocycles. The number of nitrogen functional groups attached to an aromatic ring is 1. The molecule has 7 heteroatoms. The fourth-order valence-corrected chi connectivity index (χ4v) is 5.45. The summed E-state index contributed by atoms with van der Waals surface area (Å²) >= 11 is 1.29. The van der Waals surface area contributed by atoms with E-state index < -0.39 is 0 Å². The third-order valence-corrected chi connectivity index (χ3v) is 7.37. The van der Waals surface area contributed by atoms with Gasteiger partial charge >= 0.3 is 0 Å². The number of methoxy groups -OCH3 is 1. The minimum atomic E-state index is -0.276. The Morgan fingerprint density at radius 2 is 1.73 bits per heavy atom. The molecule has 0 unspecified atom stereocenters. The third kappa shape index (κ3) is 4.15. The second kappa shape index (κ2) is 9.37. The van der Waals surface area contributed by atoms with Crippen molar-refractivity contribution in [3.05, 3.63) is 102 Å². The molecule has 0 atom stereocenters. The zero-order valence-electron chi connectivity index (χ0n) is 19.9. The lowest BCUT2D eigenvalue weighted by atomic mass is 9.99. The Morgan fingerprint density at radius 1 is 0.919 bits per heavy atom. The first kappa shape index (κ1) is 22.7. The molecular formula is C30H22N4O2S. The van der Waals surface area contributed by atoms with Crippen molar-refractivity contribution >= 4 is 49.7 Å². The van der Waals surface area contributed by atoms with Crippen LogP contribution < -0.4 is 15.8 Å². The van der Waals surface area contributed by atoms with E-state index in [0.717, 1.165) is 44.4 Å². The smallest absolute Gasteiger partial charge is 0.267 e. The summed E-state index contributed by atoms with van der Waals surface area (Å²) in [6, 6.07) is 29.2. The molecule has 0 radical (unpaired) electrons. The lowest BCUT2D eigenvalue weighted by Gasteiger charge is -2.10. The number of rotatable bonds is 5. The van der Waals surface area contributed by atoms with Gasteiger partial charge in [0, 0.05) is 22.5 Å². The van der Waals surface area contributed by atoms with Crippen molar-refractivity contribution in [1.29, 1.82) is 0 Å². The lowest BCUT2D eigenvalue weighted by molar-refractivity contribution is 0.103. The van der Waals surface area contributed by atoms with Crippen LogP contribution in [0.5, 0.6) is 5.75 Å². The van der Waals surface area contributed by atoms with Crippen LogP contribution in [0.4, 0.5) is 11.4 Å². The average Bonchev–Trinajstić information content (AvgIpc) is 3.29. The Bertz CT molecular complexity index is 1760. The number of thiophene rings is 1. The van der Waals surface area contributed by atoms with Gasteiger partial charge in [-0.15, -0.1) is 11.3 Å². The molecule has 180 valence electrons. The highest BCUT2D eigenvalue weighted by Crippen LogP contribution is 2.41. The minimum absolute atomic E-state index is 0.276. The van der Waals surface area contributed by atoms with Gasteiger partial charge in [-0.2, -0.15) is 0 Å². The Labute approximate surface area is 217 Å². The molecule has 1 amide bonds. The standard InChI is InChI=1S/C30H22N4O2S/c1-36-20-14-12-19(13-15-20)25-17-22(18-7-3-2-4-8-18)26-27(31)28(37-30(26)34-25)29(35)33-24-11-5-10-23-21(24)9-6-16-32-23/h2-17H,31H2,1H3,(H,33,35). The first-order valence-electron chi connectivity index (χ1n) is 11.7. The van der Waals surface area contributed by atoms with Crippen LogP contribution in [0.15, 0.2) is 97.2 Å². The van der Waals surface area contributed by atoms with Crippen LogP contribution in [0.3, 0.4) is 0 Å². The van der Waals surface area contributed by atoms with Crippen molar-refractivity contribution in [3.8, 4) is 28.1 Å². The Balaban J connectivity index is 1.48. The molecule has 3 aromatic carbocycles. The van der Waals surface area contributed by atoms with E-state index >= 15 is 0 Å². The highest BCUT2D eigenvalue weighted by atomic mass is 32.1. The highest BCUT2D eigenvalue weighted by molar-refractivity contribution is 7.21. The van der Waals surface area contributed by atoms with Crippen molar-refractivity contribution in [2.45, 2.75) is 0 Å². The maximum Gasteiger partial charge on any atom is 0.267 e. The molecule has 0 fully saturated rings. The Morgan fingerprint density at radius 3 is 2.51 bits per heavy atom. The molecule has 3 heterocycles. The minimum Gasteiger partial charge on any atom is -0.497 e. The van der Waals surface area contributed by atoms with Crippen molar-refractivity contribution in [3.63, 3.8) is 0 Å². The Hall–Kier alpha value is -4.75. The fraction of sp³-hybridized carbons (Fsp3) is 0.0333. The predicted octanol–water partition coefficient (Wildman–Crippen LogP) is 7.02. The van der Waals surface area contributed by atoms with E-state index in [-0.39, 0.29) is 5.91 Å².